The zero-order valence-corrected chi connectivity index (χ0v) is 11.6. The summed E-state index contributed by atoms with van der Waals surface area (Å²) in [4.78, 5) is 24.5. The van der Waals surface area contributed by atoms with Crippen LogP contribution in [0.15, 0.2) is 0 Å². The third-order valence-corrected chi connectivity index (χ3v) is 2.40. The summed E-state index contributed by atoms with van der Waals surface area (Å²) in [6.45, 7) is 10.0. The monoisotopic (exact) mass is 258 g/mol. The van der Waals surface area contributed by atoms with Crippen LogP contribution in [0.3, 0.4) is 0 Å². The van der Waals surface area contributed by atoms with Crippen LogP contribution in [0.4, 0.5) is 9.59 Å². The highest BCUT2D eigenvalue weighted by molar-refractivity contribution is 5.70. The molecular weight excluding hydrogens is 236 g/mol. The van der Waals surface area contributed by atoms with Gasteiger partial charge >= 0.3 is 12.2 Å². The largest absolute Gasteiger partial charge is 0.444 e. The average molecular weight is 258 g/mol. The second-order valence-electron chi connectivity index (χ2n) is 5.63. The van der Waals surface area contributed by atoms with Gasteiger partial charge < -0.3 is 19.7 Å². The van der Waals surface area contributed by atoms with E-state index in [4.69, 9.17) is 9.47 Å². The molecule has 6 nitrogen and oxygen atoms in total. The first-order valence-corrected chi connectivity index (χ1v) is 6.13. The van der Waals surface area contributed by atoms with Gasteiger partial charge in [0.15, 0.2) is 0 Å². The summed E-state index contributed by atoms with van der Waals surface area (Å²) in [6, 6.07) is -0.0147. The summed E-state index contributed by atoms with van der Waals surface area (Å²) >= 11 is 0. The molecule has 0 spiro atoms. The van der Waals surface area contributed by atoms with Crippen LogP contribution in [0.1, 0.15) is 34.6 Å². The summed E-state index contributed by atoms with van der Waals surface area (Å²) in [7, 11) is 0. The Balaban J connectivity index is 2.59. The van der Waals surface area contributed by atoms with Gasteiger partial charge in [-0.05, 0) is 34.6 Å². The van der Waals surface area contributed by atoms with Crippen molar-refractivity contribution in [2.24, 2.45) is 0 Å². The molecule has 1 aliphatic rings. The van der Waals surface area contributed by atoms with Gasteiger partial charge in [0.25, 0.3) is 0 Å². The number of nitrogens with one attached hydrogen (secondary N) is 1. The minimum atomic E-state index is -0.533. The number of amides is 2. The van der Waals surface area contributed by atoms with Crippen LogP contribution in [0, 0.1) is 0 Å². The highest BCUT2D eigenvalue weighted by Gasteiger charge is 2.30. The first kappa shape index (κ1) is 14.6. The van der Waals surface area contributed by atoms with E-state index in [0.29, 0.717) is 13.1 Å². The van der Waals surface area contributed by atoms with E-state index in [2.05, 4.69) is 5.32 Å². The van der Waals surface area contributed by atoms with Gasteiger partial charge in [-0.3, -0.25) is 0 Å². The number of carbonyl (C=O) groups is 2. The lowest BCUT2D eigenvalue weighted by atomic mass is 10.2. The smallest absolute Gasteiger partial charge is 0.410 e. The number of ether oxygens (including phenoxy) is 2. The van der Waals surface area contributed by atoms with Crippen LogP contribution in [0.5, 0.6) is 0 Å². The third kappa shape index (κ3) is 4.43. The van der Waals surface area contributed by atoms with Gasteiger partial charge in [-0.15, -0.1) is 0 Å². The highest BCUT2D eigenvalue weighted by atomic mass is 16.6. The number of alkyl carbamates (subject to hydrolysis) is 1. The molecule has 2 amide bonds. The number of cyclic esters (lactones) is 1. The molecule has 0 radical (unpaired) electrons. The topological polar surface area (TPSA) is 67.9 Å². The van der Waals surface area contributed by atoms with Crippen molar-refractivity contribution >= 4 is 12.2 Å². The lowest BCUT2D eigenvalue weighted by Gasteiger charge is -2.31. The van der Waals surface area contributed by atoms with Gasteiger partial charge in [0.1, 0.15) is 11.7 Å². The van der Waals surface area contributed by atoms with Crippen LogP contribution >= 0.6 is 0 Å². The maximum atomic E-state index is 12.0. The van der Waals surface area contributed by atoms with E-state index in [9.17, 15) is 9.59 Å². The Labute approximate surface area is 108 Å². The number of rotatable bonds is 3. The van der Waals surface area contributed by atoms with Crippen LogP contribution < -0.4 is 5.32 Å². The summed E-state index contributed by atoms with van der Waals surface area (Å²) in [5.74, 6) is 0. The summed E-state index contributed by atoms with van der Waals surface area (Å²) in [6.07, 6.45) is -1.14. The van der Waals surface area contributed by atoms with E-state index >= 15 is 0 Å². The predicted octanol–water partition coefficient (Wildman–Crippen LogP) is 1.74. The molecule has 1 atom stereocenters. The van der Waals surface area contributed by atoms with Crippen LogP contribution in [0.2, 0.25) is 0 Å². The molecule has 104 valence electrons. The lowest BCUT2D eigenvalue weighted by Crippen LogP contribution is -2.45. The molecule has 6 heteroatoms. The average Bonchev–Trinajstić information content (AvgIpc) is 2.57. The Morgan fingerprint density at radius 1 is 1.56 bits per heavy atom. The Kier molecular flexibility index (Phi) is 4.43. The van der Waals surface area contributed by atoms with Crippen molar-refractivity contribution in [1.29, 1.82) is 0 Å². The van der Waals surface area contributed by atoms with E-state index < -0.39 is 11.7 Å². The number of hydrogen-bond donors (Lipinski definition) is 1. The number of nitrogens with zero attached hydrogens (tertiary/aromatic N) is 1. The van der Waals surface area contributed by atoms with Crippen molar-refractivity contribution in [3.8, 4) is 0 Å². The van der Waals surface area contributed by atoms with Crippen LogP contribution in [0.25, 0.3) is 0 Å². The molecule has 1 heterocycles. The second-order valence-corrected chi connectivity index (χ2v) is 5.63. The molecule has 0 bridgehead atoms. The van der Waals surface area contributed by atoms with Crippen molar-refractivity contribution in [3.63, 3.8) is 0 Å². The first-order chi connectivity index (χ1) is 8.19. The van der Waals surface area contributed by atoms with E-state index in [-0.39, 0.29) is 18.2 Å². The maximum Gasteiger partial charge on any atom is 0.410 e. The Hall–Kier alpha value is -1.46. The zero-order valence-electron chi connectivity index (χ0n) is 11.6. The molecular formula is C12H22N2O4. The predicted molar refractivity (Wildman–Crippen MR) is 66.3 cm³/mol. The van der Waals surface area contributed by atoms with Crippen LogP contribution in [-0.2, 0) is 9.47 Å². The van der Waals surface area contributed by atoms with E-state index in [1.54, 1.807) is 4.90 Å². The standard InChI is InChI=1S/C12H22N2O4/c1-8(2)14(11(16)18-12(3,4)5)7-9-6-13-10(15)17-9/h8-9H,6-7H2,1-5H3,(H,13,15). The van der Waals surface area contributed by atoms with Gasteiger partial charge in [0, 0.05) is 6.04 Å². The molecule has 0 aromatic heterocycles. The SMILES string of the molecule is CC(C)N(CC1CNC(=O)O1)C(=O)OC(C)(C)C. The number of carbonyl (C=O) groups excluding carboxylic acids is 2. The molecule has 1 aliphatic heterocycles. The first-order valence-electron chi connectivity index (χ1n) is 6.13. The Bertz CT molecular complexity index is 323. The van der Waals surface area contributed by atoms with Crippen molar-refractivity contribution in [2.75, 3.05) is 13.1 Å². The minimum absolute atomic E-state index is 0.0147. The molecule has 1 N–H and O–H groups in total. The quantitative estimate of drug-likeness (QED) is 0.837. The molecule has 1 saturated heterocycles. The van der Waals surface area contributed by atoms with Gasteiger partial charge in [-0.1, -0.05) is 0 Å². The van der Waals surface area contributed by atoms with Crippen molar-refractivity contribution in [2.45, 2.75) is 52.4 Å². The molecule has 1 unspecified atom stereocenters. The Morgan fingerprint density at radius 2 is 2.17 bits per heavy atom. The Morgan fingerprint density at radius 3 is 2.56 bits per heavy atom. The molecule has 0 aromatic rings. The van der Waals surface area contributed by atoms with Crippen molar-refractivity contribution < 1.29 is 19.1 Å². The van der Waals surface area contributed by atoms with Gasteiger partial charge in [0.05, 0.1) is 13.1 Å². The van der Waals surface area contributed by atoms with Crippen molar-refractivity contribution in [1.82, 2.24) is 10.2 Å². The minimum Gasteiger partial charge on any atom is -0.444 e. The van der Waals surface area contributed by atoms with Crippen molar-refractivity contribution in [3.05, 3.63) is 0 Å². The molecule has 1 fully saturated rings. The third-order valence-electron chi connectivity index (χ3n) is 2.40. The normalized spacial score (nSPS) is 19.4. The fraction of sp³-hybridized carbons (Fsp3) is 0.833. The summed E-state index contributed by atoms with van der Waals surface area (Å²) < 4.78 is 10.3. The second kappa shape index (κ2) is 5.46. The van der Waals surface area contributed by atoms with E-state index in [1.807, 2.05) is 34.6 Å². The molecule has 18 heavy (non-hydrogen) atoms. The van der Waals surface area contributed by atoms with E-state index in [0.717, 1.165) is 0 Å². The summed E-state index contributed by atoms with van der Waals surface area (Å²) in [5, 5.41) is 2.56. The van der Waals surface area contributed by atoms with E-state index in [1.165, 1.54) is 0 Å². The summed E-state index contributed by atoms with van der Waals surface area (Å²) in [5.41, 5.74) is -0.533. The fourth-order valence-corrected chi connectivity index (χ4v) is 1.57. The zero-order chi connectivity index (χ0) is 13.9. The molecule has 0 saturated carbocycles. The molecule has 0 aromatic carbocycles. The highest BCUT2D eigenvalue weighted by Crippen LogP contribution is 2.13. The van der Waals surface area contributed by atoms with Gasteiger partial charge in [0.2, 0.25) is 0 Å². The van der Waals surface area contributed by atoms with Gasteiger partial charge in [-0.2, -0.15) is 0 Å². The maximum absolute atomic E-state index is 12.0. The fourth-order valence-electron chi connectivity index (χ4n) is 1.57. The van der Waals surface area contributed by atoms with Crippen LogP contribution in [-0.4, -0.2) is 47.9 Å². The molecule has 0 aliphatic carbocycles. The lowest BCUT2D eigenvalue weighted by molar-refractivity contribution is 0.00962. The molecule has 1 rings (SSSR count). The van der Waals surface area contributed by atoms with Gasteiger partial charge in [-0.25, -0.2) is 9.59 Å². The number of hydrogen-bond acceptors (Lipinski definition) is 4.